The zero-order valence-corrected chi connectivity index (χ0v) is 18.4. The van der Waals surface area contributed by atoms with Crippen LogP contribution in [-0.2, 0) is 36.1 Å². The number of allylic oxidation sites excluding steroid dienone is 6. The fraction of sp³-hybridized carbons (Fsp3) is 0.500. The van der Waals surface area contributed by atoms with Gasteiger partial charge in [-0.15, -0.1) is 0 Å². The van der Waals surface area contributed by atoms with Crippen molar-refractivity contribution in [2.24, 2.45) is 0 Å². The van der Waals surface area contributed by atoms with Gasteiger partial charge < -0.3 is 20.4 Å². The molecule has 0 aromatic heterocycles. The van der Waals surface area contributed by atoms with E-state index in [1.807, 2.05) is 0 Å². The topological polar surface area (TPSA) is 132 Å². The molecule has 0 fully saturated rings. The van der Waals surface area contributed by atoms with Gasteiger partial charge in [-0.2, -0.15) is 0 Å². The van der Waals surface area contributed by atoms with Crippen LogP contribution in [0.25, 0.3) is 0 Å². The Kier molecular flexibility index (Phi) is 31.7. The zero-order chi connectivity index (χ0) is 21.2. The minimum atomic E-state index is -0.167. The third kappa shape index (κ3) is 95.3. The molecule has 7 nitrogen and oxygen atoms in total. The molecule has 8 heteroatoms. The van der Waals surface area contributed by atoms with Crippen molar-refractivity contribution < 1.29 is 56.5 Å². The van der Waals surface area contributed by atoms with Gasteiger partial charge in [0.25, 0.3) is 0 Å². The van der Waals surface area contributed by atoms with Crippen LogP contribution in [-0.4, -0.2) is 43.9 Å². The van der Waals surface area contributed by atoms with E-state index in [0.717, 1.165) is 0 Å². The van der Waals surface area contributed by atoms with Crippen molar-refractivity contribution in [2.75, 3.05) is 0 Å². The normalized spacial score (nSPS) is 10.6. The number of hydrogen-bond acceptors (Lipinski definition) is 7. The van der Waals surface area contributed by atoms with E-state index in [1.54, 1.807) is 13.8 Å². The first-order valence-electron chi connectivity index (χ1n) is 7.43. The third-order valence-electron chi connectivity index (χ3n) is 1.24. The minimum Gasteiger partial charge on any atom is -0.512 e. The third-order valence-corrected chi connectivity index (χ3v) is 1.24. The van der Waals surface area contributed by atoms with Gasteiger partial charge in [-0.25, -0.2) is 0 Å². The Balaban J connectivity index is -0.0000000759. The molecular formula is C18H32O7Ti. The van der Waals surface area contributed by atoms with Crippen LogP contribution in [0.4, 0.5) is 0 Å². The predicted molar refractivity (Wildman–Crippen MR) is 98.6 cm³/mol. The number of aliphatic hydroxyl groups excluding tert-OH is 4. The first kappa shape index (κ1) is 35.4. The molecule has 0 atom stereocenters. The SMILES string of the molecule is CC(=O)C=C(C)O.CC(=O)C=C(C)O.CC(=O)C=C(C)O.CC(C)O.[Ti]. The molecule has 0 amide bonds. The molecule has 0 aliphatic rings. The standard InChI is InChI=1S/3C5H8O2.C3H8O.Ti/c3*1-4(6)3-5(2)7;1-3(2)4;/h3*3,6H,1-2H3;3-4H,1-2H3;. The predicted octanol–water partition coefficient (Wildman–Crippen LogP) is 3.50. The number of hydrogen-bond donors (Lipinski definition) is 4. The molecule has 0 aromatic rings. The Morgan fingerprint density at radius 1 is 0.615 bits per heavy atom. The molecule has 4 N–H and O–H groups in total. The molecule has 0 radical (unpaired) electrons. The van der Waals surface area contributed by atoms with Gasteiger partial charge in [-0.05, 0) is 55.4 Å². The first-order valence-corrected chi connectivity index (χ1v) is 7.43. The van der Waals surface area contributed by atoms with E-state index >= 15 is 0 Å². The van der Waals surface area contributed by atoms with E-state index in [9.17, 15) is 14.4 Å². The molecule has 0 rings (SSSR count). The van der Waals surface area contributed by atoms with Crippen molar-refractivity contribution in [3.8, 4) is 0 Å². The van der Waals surface area contributed by atoms with Crippen molar-refractivity contribution in [2.45, 2.75) is 61.5 Å². The number of carbonyl (C=O) groups is 3. The number of ketones is 3. The summed E-state index contributed by atoms with van der Waals surface area (Å²) < 4.78 is 0. The van der Waals surface area contributed by atoms with Gasteiger partial charge in [0.2, 0.25) is 0 Å². The summed E-state index contributed by atoms with van der Waals surface area (Å²) in [6.07, 6.45) is 3.33. The van der Waals surface area contributed by atoms with Gasteiger partial charge in [0.1, 0.15) is 0 Å². The number of rotatable bonds is 3. The van der Waals surface area contributed by atoms with Gasteiger partial charge >= 0.3 is 0 Å². The summed E-state index contributed by atoms with van der Waals surface area (Å²) in [6.45, 7) is 12.0. The van der Waals surface area contributed by atoms with Crippen LogP contribution in [0.3, 0.4) is 0 Å². The van der Waals surface area contributed by atoms with Crippen molar-refractivity contribution in [3.05, 3.63) is 35.5 Å². The van der Waals surface area contributed by atoms with E-state index in [1.165, 1.54) is 59.8 Å². The molecule has 0 aromatic carbocycles. The molecule has 0 aliphatic heterocycles. The molecule has 0 spiro atoms. The van der Waals surface area contributed by atoms with Crippen molar-refractivity contribution in [3.63, 3.8) is 0 Å². The van der Waals surface area contributed by atoms with E-state index in [4.69, 9.17) is 20.4 Å². The molecule has 0 heterocycles. The molecule has 150 valence electrons. The van der Waals surface area contributed by atoms with Crippen LogP contribution in [0.15, 0.2) is 35.5 Å². The minimum absolute atomic E-state index is 0. The largest absolute Gasteiger partial charge is 0.512 e. The molecule has 0 unspecified atom stereocenters. The van der Waals surface area contributed by atoms with Crippen LogP contribution in [0.5, 0.6) is 0 Å². The molecular weight excluding hydrogens is 376 g/mol. The number of aliphatic hydroxyl groups is 4. The summed E-state index contributed by atoms with van der Waals surface area (Å²) in [4.78, 5) is 30.1. The maximum Gasteiger partial charge on any atom is 0.155 e. The Morgan fingerprint density at radius 3 is 0.731 bits per heavy atom. The maximum absolute atomic E-state index is 10.0. The van der Waals surface area contributed by atoms with Gasteiger partial charge in [-0.1, -0.05) is 0 Å². The summed E-state index contributed by atoms with van der Waals surface area (Å²) in [5.41, 5.74) is 0. The Bertz CT molecular complexity index is 408. The molecule has 0 saturated carbocycles. The smallest absolute Gasteiger partial charge is 0.155 e. The molecule has 0 aliphatic carbocycles. The second-order valence-electron chi connectivity index (χ2n) is 5.28. The first-order chi connectivity index (χ1) is 11.1. The van der Waals surface area contributed by atoms with Gasteiger partial charge in [0.15, 0.2) is 17.3 Å². The summed E-state index contributed by atoms with van der Waals surface area (Å²) in [5.74, 6) is -0.187. The fourth-order valence-corrected chi connectivity index (χ4v) is 0.882. The van der Waals surface area contributed by atoms with Crippen molar-refractivity contribution >= 4 is 17.3 Å². The van der Waals surface area contributed by atoms with E-state index in [0.29, 0.717) is 0 Å². The van der Waals surface area contributed by atoms with Crippen molar-refractivity contribution in [1.29, 1.82) is 0 Å². The monoisotopic (exact) mass is 408 g/mol. The van der Waals surface area contributed by atoms with Crippen LogP contribution in [0, 0.1) is 0 Å². The second kappa shape index (κ2) is 23.3. The Labute approximate surface area is 171 Å². The summed E-state index contributed by atoms with van der Waals surface area (Å²) >= 11 is 0. The summed E-state index contributed by atoms with van der Waals surface area (Å²) in [5, 5.41) is 33.1. The van der Waals surface area contributed by atoms with Crippen molar-refractivity contribution in [1.82, 2.24) is 0 Å². The Morgan fingerprint density at radius 2 is 0.731 bits per heavy atom. The molecule has 0 saturated heterocycles. The average Bonchev–Trinajstić information content (AvgIpc) is 2.22. The van der Waals surface area contributed by atoms with Crippen LogP contribution in [0.2, 0.25) is 0 Å². The van der Waals surface area contributed by atoms with E-state index in [2.05, 4.69) is 0 Å². The van der Waals surface area contributed by atoms with E-state index < -0.39 is 0 Å². The number of carbonyl (C=O) groups excluding carboxylic acids is 3. The Hall–Kier alpha value is -1.70. The van der Waals surface area contributed by atoms with Crippen LogP contribution < -0.4 is 0 Å². The van der Waals surface area contributed by atoms with E-state index in [-0.39, 0.29) is 62.4 Å². The van der Waals surface area contributed by atoms with Crippen LogP contribution >= 0.6 is 0 Å². The maximum atomic E-state index is 10.0. The van der Waals surface area contributed by atoms with Gasteiger partial charge in [0.05, 0.1) is 17.3 Å². The molecule has 0 bridgehead atoms. The second-order valence-corrected chi connectivity index (χ2v) is 5.28. The molecule has 26 heavy (non-hydrogen) atoms. The van der Waals surface area contributed by atoms with Crippen LogP contribution in [0.1, 0.15) is 55.4 Å². The fourth-order valence-electron chi connectivity index (χ4n) is 0.882. The average molecular weight is 408 g/mol. The van der Waals surface area contributed by atoms with Gasteiger partial charge in [0, 0.05) is 46.0 Å². The quantitative estimate of drug-likeness (QED) is 0.319. The summed E-state index contributed by atoms with van der Waals surface area (Å²) in [6, 6.07) is 0. The van der Waals surface area contributed by atoms with Gasteiger partial charge in [-0.3, -0.25) is 14.4 Å². The summed E-state index contributed by atoms with van der Waals surface area (Å²) in [7, 11) is 0. The zero-order valence-electron chi connectivity index (χ0n) is 16.8.